The van der Waals surface area contributed by atoms with Crippen LogP contribution in [0.25, 0.3) is 0 Å². The number of piperazine rings is 1. The summed E-state index contributed by atoms with van der Waals surface area (Å²) in [6.07, 6.45) is 2.00. The number of nitrogens with zero attached hydrogens (tertiary/aromatic N) is 2. The maximum absolute atomic E-state index is 11.2. The van der Waals surface area contributed by atoms with Gasteiger partial charge in [0, 0.05) is 13.1 Å². The zero-order chi connectivity index (χ0) is 8.48. The Kier molecular flexibility index (Phi) is 1.73. The standard InChI is InChI=1S/C7H11N3O/c1-7(2)6(11)9-3-4-10(7)5-8/h3-4H2,1-2H3,(H,9,11). The quantitative estimate of drug-likeness (QED) is 0.485. The Hall–Kier alpha value is -1.24. The molecule has 60 valence electrons. The number of carbonyl (C=O) groups excluding carboxylic acids is 1. The molecule has 1 saturated heterocycles. The van der Waals surface area contributed by atoms with Gasteiger partial charge in [-0.3, -0.25) is 9.69 Å². The van der Waals surface area contributed by atoms with Crippen LogP contribution in [-0.4, -0.2) is 29.4 Å². The summed E-state index contributed by atoms with van der Waals surface area (Å²) in [6, 6.07) is 0. The zero-order valence-electron chi connectivity index (χ0n) is 6.72. The first-order chi connectivity index (χ1) is 5.09. The average Bonchev–Trinajstić information content (AvgIpc) is 1.95. The van der Waals surface area contributed by atoms with Gasteiger partial charge in [-0.15, -0.1) is 0 Å². The lowest BCUT2D eigenvalue weighted by Gasteiger charge is -2.37. The molecule has 4 heteroatoms. The maximum Gasteiger partial charge on any atom is 0.246 e. The second kappa shape index (κ2) is 2.42. The molecule has 0 spiro atoms. The lowest BCUT2D eigenvalue weighted by atomic mass is 10.0. The van der Waals surface area contributed by atoms with Crippen LogP contribution in [0.2, 0.25) is 0 Å². The fourth-order valence-corrected chi connectivity index (χ4v) is 1.07. The molecule has 1 fully saturated rings. The summed E-state index contributed by atoms with van der Waals surface area (Å²) in [4.78, 5) is 12.7. The minimum Gasteiger partial charge on any atom is -0.352 e. The molecule has 1 aliphatic heterocycles. The summed E-state index contributed by atoms with van der Waals surface area (Å²) in [5.41, 5.74) is -0.674. The van der Waals surface area contributed by atoms with Crippen molar-refractivity contribution in [2.24, 2.45) is 0 Å². The number of hydrogen-bond acceptors (Lipinski definition) is 3. The molecule has 0 unspecified atom stereocenters. The van der Waals surface area contributed by atoms with Gasteiger partial charge in [0.25, 0.3) is 0 Å². The Labute approximate surface area is 65.8 Å². The van der Waals surface area contributed by atoms with Gasteiger partial charge in [-0.2, -0.15) is 5.26 Å². The van der Waals surface area contributed by atoms with Gasteiger partial charge in [0.05, 0.1) is 0 Å². The lowest BCUT2D eigenvalue weighted by Crippen LogP contribution is -2.59. The van der Waals surface area contributed by atoms with E-state index in [2.05, 4.69) is 5.32 Å². The number of rotatable bonds is 0. The van der Waals surface area contributed by atoms with Crippen LogP contribution in [0.5, 0.6) is 0 Å². The van der Waals surface area contributed by atoms with E-state index in [1.54, 1.807) is 13.8 Å². The van der Waals surface area contributed by atoms with E-state index < -0.39 is 5.54 Å². The molecule has 1 rings (SSSR count). The smallest absolute Gasteiger partial charge is 0.246 e. The Bertz CT molecular complexity index is 216. The Morgan fingerprint density at radius 1 is 1.73 bits per heavy atom. The average molecular weight is 153 g/mol. The minimum absolute atomic E-state index is 0.0784. The van der Waals surface area contributed by atoms with Crippen LogP contribution in [0, 0.1) is 11.5 Å². The third-order valence-corrected chi connectivity index (χ3v) is 1.97. The summed E-state index contributed by atoms with van der Waals surface area (Å²) < 4.78 is 0. The highest BCUT2D eigenvalue weighted by atomic mass is 16.2. The van der Waals surface area contributed by atoms with Crippen LogP contribution in [0.4, 0.5) is 0 Å². The first kappa shape index (κ1) is 7.86. The van der Waals surface area contributed by atoms with Gasteiger partial charge in [-0.1, -0.05) is 0 Å². The molecule has 0 aromatic heterocycles. The summed E-state index contributed by atoms with van der Waals surface area (Å²) in [5, 5.41) is 11.3. The molecule has 0 bridgehead atoms. The fraction of sp³-hybridized carbons (Fsp3) is 0.714. The van der Waals surface area contributed by atoms with E-state index in [0.717, 1.165) is 0 Å². The number of nitriles is 1. The van der Waals surface area contributed by atoms with E-state index in [4.69, 9.17) is 5.26 Å². The second-order valence-corrected chi connectivity index (χ2v) is 3.07. The molecular weight excluding hydrogens is 142 g/mol. The summed E-state index contributed by atoms with van der Waals surface area (Å²) >= 11 is 0. The molecule has 0 aromatic rings. The van der Waals surface area contributed by atoms with Gasteiger partial charge < -0.3 is 5.32 Å². The molecule has 0 atom stereocenters. The fourth-order valence-electron chi connectivity index (χ4n) is 1.07. The van der Waals surface area contributed by atoms with Gasteiger partial charge in [-0.25, -0.2) is 0 Å². The normalized spacial score (nSPS) is 22.3. The van der Waals surface area contributed by atoms with Crippen LogP contribution >= 0.6 is 0 Å². The van der Waals surface area contributed by atoms with Gasteiger partial charge in [0.15, 0.2) is 6.19 Å². The molecular formula is C7H11N3O. The SMILES string of the molecule is CC1(C)C(=O)NCCN1C#N. The molecule has 0 saturated carbocycles. The first-order valence-electron chi connectivity index (χ1n) is 3.54. The van der Waals surface area contributed by atoms with Crippen molar-refractivity contribution in [3.05, 3.63) is 0 Å². The van der Waals surface area contributed by atoms with Crippen molar-refractivity contribution in [1.29, 1.82) is 5.26 Å². The molecule has 0 aromatic carbocycles. The van der Waals surface area contributed by atoms with Crippen molar-refractivity contribution < 1.29 is 4.79 Å². The summed E-state index contributed by atoms with van der Waals surface area (Å²) in [6.45, 7) is 4.65. The van der Waals surface area contributed by atoms with E-state index >= 15 is 0 Å². The number of carbonyl (C=O) groups is 1. The Morgan fingerprint density at radius 3 is 2.82 bits per heavy atom. The topological polar surface area (TPSA) is 56.1 Å². The van der Waals surface area contributed by atoms with Crippen molar-refractivity contribution in [3.63, 3.8) is 0 Å². The van der Waals surface area contributed by atoms with Crippen molar-refractivity contribution in [2.75, 3.05) is 13.1 Å². The van der Waals surface area contributed by atoms with Crippen molar-refractivity contribution >= 4 is 5.91 Å². The third-order valence-electron chi connectivity index (χ3n) is 1.97. The van der Waals surface area contributed by atoms with E-state index in [0.29, 0.717) is 13.1 Å². The predicted octanol–water partition coefficient (Wildman–Crippen LogP) is -0.322. The highest BCUT2D eigenvalue weighted by molar-refractivity contribution is 5.86. The van der Waals surface area contributed by atoms with E-state index in [1.807, 2.05) is 6.19 Å². The lowest BCUT2D eigenvalue weighted by molar-refractivity contribution is -0.132. The van der Waals surface area contributed by atoms with E-state index in [9.17, 15) is 4.79 Å². The van der Waals surface area contributed by atoms with Crippen LogP contribution in [0.15, 0.2) is 0 Å². The van der Waals surface area contributed by atoms with Crippen LogP contribution in [0.3, 0.4) is 0 Å². The van der Waals surface area contributed by atoms with Crippen LogP contribution in [0.1, 0.15) is 13.8 Å². The maximum atomic E-state index is 11.2. The summed E-state index contributed by atoms with van der Waals surface area (Å²) in [5.74, 6) is -0.0784. The zero-order valence-corrected chi connectivity index (χ0v) is 6.72. The highest BCUT2D eigenvalue weighted by Gasteiger charge is 2.36. The molecule has 1 amide bonds. The third kappa shape index (κ3) is 1.14. The van der Waals surface area contributed by atoms with Gasteiger partial charge in [0.1, 0.15) is 5.54 Å². The molecule has 11 heavy (non-hydrogen) atoms. The molecule has 1 N–H and O–H groups in total. The number of amides is 1. The van der Waals surface area contributed by atoms with Crippen LogP contribution in [-0.2, 0) is 4.79 Å². The minimum atomic E-state index is -0.674. The van der Waals surface area contributed by atoms with Crippen molar-refractivity contribution in [1.82, 2.24) is 10.2 Å². The number of nitrogens with one attached hydrogen (secondary N) is 1. The van der Waals surface area contributed by atoms with Gasteiger partial charge >= 0.3 is 0 Å². The molecule has 0 radical (unpaired) electrons. The van der Waals surface area contributed by atoms with Crippen LogP contribution < -0.4 is 5.32 Å². The monoisotopic (exact) mass is 153 g/mol. The van der Waals surface area contributed by atoms with Crippen molar-refractivity contribution in [2.45, 2.75) is 19.4 Å². The molecule has 0 aliphatic carbocycles. The largest absolute Gasteiger partial charge is 0.352 e. The van der Waals surface area contributed by atoms with Gasteiger partial charge in [-0.05, 0) is 13.8 Å². The van der Waals surface area contributed by atoms with Crippen molar-refractivity contribution in [3.8, 4) is 6.19 Å². The molecule has 4 nitrogen and oxygen atoms in total. The predicted molar refractivity (Wildman–Crippen MR) is 39.4 cm³/mol. The number of hydrogen-bond donors (Lipinski definition) is 1. The molecule has 1 aliphatic rings. The Balaban J connectivity index is 2.83. The van der Waals surface area contributed by atoms with Gasteiger partial charge in [0.2, 0.25) is 5.91 Å². The first-order valence-corrected chi connectivity index (χ1v) is 3.54. The van der Waals surface area contributed by atoms with E-state index in [1.165, 1.54) is 4.90 Å². The summed E-state index contributed by atoms with van der Waals surface area (Å²) in [7, 11) is 0. The van der Waals surface area contributed by atoms with E-state index in [-0.39, 0.29) is 5.91 Å². The molecule has 1 heterocycles. The Morgan fingerprint density at radius 2 is 2.36 bits per heavy atom. The highest BCUT2D eigenvalue weighted by Crippen LogP contribution is 2.15. The second-order valence-electron chi connectivity index (χ2n) is 3.07.